The van der Waals surface area contributed by atoms with Gasteiger partial charge in [-0.2, -0.15) is 0 Å². The van der Waals surface area contributed by atoms with Gasteiger partial charge in [-0.05, 0) is 30.5 Å². The van der Waals surface area contributed by atoms with E-state index in [1.165, 1.54) is 12.8 Å². The van der Waals surface area contributed by atoms with E-state index in [0.29, 0.717) is 35.6 Å². The van der Waals surface area contributed by atoms with Crippen molar-refractivity contribution in [1.82, 2.24) is 5.32 Å². The number of methoxy groups -OCH3 is 1. The molecule has 3 nitrogen and oxygen atoms in total. The van der Waals surface area contributed by atoms with Crippen LogP contribution in [0, 0.1) is 12.3 Å². The lowest BCUT2D eigenvalue weighted by molar-refractivity contribution is 0.301. The van der Waals surface area contributed by atoms with Crippen molar-refractivity contribution in [3.05, 3.63) is 22.7 Å². The summed E-state index contributed by atoms with van der Waals surface area (Å²) in [4.78, 5) is 0. The van der Waals surface area contributed by atoms with E-state index in [4.69, 9.17) is 27.5 Å². The summed E-state index contributed by atoms with van der Waals surface area (Å²) < 4.78 is 10.9. The first-order valence-corrected chi connectivity index (χ1v) is 6.78. The Morgan fingerprint density at radius 2 is 2.26 bits per heavy atom. The van der Waals surface area contributed by atoms with Crippen molar-refractivity contribution in [2.75, 3.05) is 13.7 Å². The highest BCUT2D eigenvalue weighted by Crippen LogP contribution is 2.36. The van der Waals surface area contributed by atoms with Crippen LogP contribution >= 0.6 is 11.6 Å². The van der Waals surface area contributed by atoms with Crippen LogP contribution in [0.4, 0.5) is 0 Å². The molecule has 0 atom stereocenters. The first-order chi connectivity index (χ1) is 9.24. The predicted molar refractivity (Wildman–Crippen MR) is 76.8 cm³/mol. The zero-order valence-electron chi connectivity index (χ0n) is 11.0. The summed E-state index contributed by atoms with van der Waals surface area (Å²) in [5.41, 5.74) is 1.10. The molecule has 19 heavy (non-hydrogen) atoms. The Balaban J connectivity index is 2.07. The molecule has 0 aliphatic heterocycles. The molecule has 0 heterocycles. The summed E-state index contributed by atoms with van der Waals surface area (Å²) >= 11 is 6.24. The summed E-state index contributed by atoms with van der Waals surface area (Å²) in [5, 5.41) is 4.00. The molecule has 1 aromatic carbocycles. The van der Waals surface area contributed by atoms with Crippen LogP contribution in [-0.2, 0) is 6.54 Å². The van der Waals surface area contributed by atoms with Crippen LogP contribution in [0.15, 0.2) is 12.1 Å². The summed E-state index contributed by atoms with van der Waals surface area (Å²) in [6.45, 7) is 1.23. The quantitative estimate of drug-likeness (QED) is 0.615. The van der Waals surface area contributed by atoms with Crippen LogP contribution in [0.5, 0.6) is 11.5 Å². The van der Waals surface area contributed by atoms with Gasteiger partial charge in [0.25, 0.3) is 0 Å². The van der Waals surface area contributed by atoms with Gasteiger partial charge in [0.2, 0.25) is 0 Å². The molecule has 1 aliphatic carbocycles. The predicted octanol–water partition coefficient (Wildman–Crippen LogP) is 3.00. The van der Waals surface area contributed by atoms with E-state index in [2.05, 4.69) is 11.2 Å². The largest absolute Gasteiger partial charge is 0.493 e. The highest BCUT2D eigenvalue weighted by Gasteiger charge is 2.20. The second-order valence-corrected chi connectivity index (χ2v) is 4.97. The first-order valence-electron chi connectivity index (χ1n) is 6.40. The van der Waals surface area contributed by atoms with E-state index >= 15 is 0 Å². The minimum Gasteiger partial charge on any atom is -0.493 e. The number of nitrogens with one attached hydrogen (secondary N) is 1. The van der Waals surface area contributed by atoms with Crippen molar-refractivity contribution in [2.45, 2.75) is 31.8 Å². The minimum atomic E-state index is 0.437. The van der Waals surface area contributed by atoms with Gasteiger partial charge in [0, 0.05) is 19.0 Å². The Morgan fingerprint density at radius 1 is 1.47 bits per heavy atom. The summed E-state index contributed by atoms with van der Waals surface area (Å²) in [6, 6.07) is 4.52. The Kier molecular flexibility index (Phi) is 4.95. The van der Waals surface area contributed by atoms with E-state index in [0.717, 1.165) is 12.1 Å². The molecule has 1 saturated carbocycles. The van der Waals surface area contributed by atoms with E-state index in [1.54, 1.807) is 7.11 Å². The molecule has 0 aromatic heterocycles. The van der Waals surface area contributed by atoms with Crippen LogP contribution in [0.25, 0.3) is 0 Å². The van der Waals surface area contributed by atoms with Gasteiger partial charge in [0.15, 0.2) is 11.5 Å². The summed E-state index contributed by atoms with van der Waals surface area (Å²) in [6.07, 6.45) is 8.27. The first kappa shape index (κ1) is 14.0. The normalized spacial score (nSPS) is 13.9. The molecule has 4 heteroatoms. The minimum absolute atomic E-state index is 0.437. The third-order valence-corrected chi connectivity index (χ3v) is 3.23. The molecule has 1 aromatic rings. The molecule has 1 fully saturated rings. The Morgan fingerprint density at radius 3 is 2.89 bits per heavy atom. The van der Waals surface area contributed by atoms with Gasteiger partial charge in [-0.3, -0.25) is 0 Å². The van der Waals surface area contributed by atoms with Gasteiger partial charge in [-0.15, -0.1) is 12.3 Å². The third kappa shape index (κ3) is 4.05. The van der Waals surface area contributed by atoms with Crippen molar-refractivity contribution in [1.29, 1.82) is 0 Å². The zero-order chi connectivity index (χ0) is 13.7. The zero-order valence-corrected chi connectivity index (χ0v) is 11.8. The van der Waals surface area contributed by atoms with Crippen molar-refractivity contribution in [2.24, 2.45) is 0 Å². The highest BCUT2D eigenvalue weighted by atomic mass is 35.5. The SMILES string of the molecule is C#CCCOc1c(Cl)cc(CNC2CC2)cc1OC. The number of rotatable bonds is 7. The molecule has 2 rings (SSSR count). The number of terminal acetylenes is 1. The molecular weight excluding hydrogens is 262 g/mol. The molecule has 0 spiro atoms. The molecular formula is C15H18ClNO2. The standard InChI is InChI=1S/C15H18ClNO2/c1-3-4-7-19-15-13(16)8-11(9-14(15)18-2)10-17-12-5-6-12/h1,8-9,12,17H,4-7,10H2,2H3. The van der Waals surface area contributed by atoms with E-state index < -0.39 is 0 Å². The molecule has 0 saturated heterocycles. The van der Waals surface area contributed by atoms with Gasteiger partial charge in [0.1, 0.15) is 0 Å². The molecule has 0 unspecified atom stereocenters. The van der Waals surface area contributed by atoms with Crippen molar-refractivity contribution < 1.29 is 9.47 Å². The highest BCUT2D eigenvalue weighted by molar-refractivity contribution is 6.32. The van der Waals surface area contributed by atoms with Gasteiger partial charge in [-0.1, -0.05) is 11.6 Å². The van der Waals surface area contributed by atoms with Gasteiger partial charge in [0.05, 0.1) is 18.7 Å². The second-order valence-electron chi connectivity index (χ2n) is 4.57. The van der Waals surface area contributed by atoms with Crippen molar-refractivity contribution in [3.63, 3.8) is 0 Å². The lowest BCUT2D eigenvalue weighted by Crippen LogP contribution is -2.15. The van der Waals surface area contributed by atoms with E-state index in [1.807, 2.05) is 12.1 Å². The summed E-state index contributed by atoms with van der Waals surface area (Å²) in [7, 11) is 1.61. The second kappa shape index (κ2) is 6.70. The molecule has 1 N–H and O–H groups in total. The monoisotopic (exact) mass is 279 g/mol. The Labute approximate surface area is 119 Å². The molecule has 102 valence electrons. The van der Waals surface area contributed by atoms with Crippen LogP contribution in [0.3, 0.4) is 0 Å². The molecule has 0 radical (unpaired) electrons. The van der Waals surface area contributed by atoms with Gasteiger partial charge in [-0.25, -0.2) is 0 Å². The maximum absolute atomic E-state index is 6.24. The van der Waals surface area contributed by atoms with Gasteiger partial charge >= 0.3 is 0 Å². The maximum atomic E-state index is 6.24. The number of ether oxygens (including phenoxy) is 2. The van der Waals surface area contributed by atoms with E-state index in [9.17, 15) is 0 Å². The fourth-order valence-electron chi connectivity index (χ4n) is 1.78. The number of benzene rings is 1. The maximum Gasteiger partial charge on any atom is 0.179 e. The lowest BCUT2D eigenvalue weighted by Gasteiger charge is -2.14. The van der Waals surface area contributed by atoms with Crippen LogP contribution in [0.2, 0.25) is 5.02 Å². The van der Waals surface area contributed by atoms with Crippen LogP contribution in [-0.4, -0.2) is 19.8 Å². The summed E-state index contributed by atoms with van der Waals surface area (Å²) in [5.74, 6) is 3.74. The van der Waals surface area contributed by atoms with Crippen molar-refractivity contribution >= 4 is 11.6 Å². The Bertz CT molecular complexity index is 478. The lowest BCUT2D eigenvalue weighted by atomic mass is 10.2. The smallest absolute Gasteiger partial charge is 0.179 e. The number of halogens is 1. The topological polar surface area (TPSA) is 30.5 Å². The molecule has 0 bridgehead atoms. The number of hydrogen-bond acceptors (Lipinski definition) is 3. The van der Waals surface area contributed by atoms with Crippen LogP contribution in [0.1, 0.15) is 24.8 Å². The number of hydrogen-bond donors (Lipinski definition) is 1. The fourth-order valence-corrected chi connectivity index (χ4v) is 2.06. The van der Waals surface area contributed by atoms with Crippen LogP contribution < -0.4 is 14.8 Å². The van der Waals surface area contributed by atoms with E-state index in [-0.39, 0.29) is 0 Å². The Hall–Kier alpha value is -1.37. The molecule has 1 aliphatic rings. The van der Waals surface area contributed by atoms with Crippen molar-refractivity contribution in [3.8, 4) is 23.8 Å². The average Bonchev–Trinajstić information content (AvgIpc) is 3.22. The fraction of sp³-hybridized carbons (Fsp3) is 0.467. The van der Waals surface area contributed by atoms with Gasteiger partial charge < -0.3 is 14.8 Å². The average molecular weight is 280 g/mol. The third-order valence-electron chi connectivity index (χ3n) is 2.95. The molecule has 0 amide bonds.